The van der Waals surface area contributed by atoms with Crippen LogP contribution in [0.5, 0.6) is 5.75 Å². The number of ether oxygens (including phenoxy) is 1. The predicted molar refractivity (Wildman–Crippen MR) is 60.9 cm³/mol. The van der Waals surface area contributed by atoms with Crippen LogP contribution in [0.15, 0.2) is 30.3 Å². The first kappa shape index (κ1) is 9.26. The van der Waals surface area contributed by atoms with E-state index in [1.54, 1.807) is 0 Å². The zero-order chi connectivity index (χ0) is 10.3. The minimum absolute atomic E-state index is 0.457. The van der Waals surface area contributed by atoms with Gasteiger partial charge in [0.2, 0.25) is 0 Å². The van der Waals surface area contributed by atoms with Gasteiger partial charge in [0.15, 0.2) is 0 Å². The Bertz CT molecular complexity index is 346. The summed E-state index contributed by atoms with van der Waals surface area (Å²) in [5, 5.41) is 0. The molecule has 15 heavy (non-hydrogen) atoms. The second-order valence-electron chi connectivity index (χ2n) is 5.42. The molecular formula is C14H18O. The van der Waals surface area contributed by atoms with Crippen LogP contribution in [0.3, 0.4) is 0 Å². The van der Waals surface area contributed by atoms with Gasteiger partial charge in [-0.25, -0.2) is 0 Å². The summed E-state index contributed by atoms with van der Waals surface area (Å²) in [6, 6.07) is 10.3. The Hall–Kier alpha value is -0.980. The minimum Gasteiger partial charge on any atom is -0.490 e. The maximum Gasteiger partial charge on any atom is 0.119 e. The Morgan fingerprint density at radius 3 is 2.67 bits per heavy atom. The molecule has 0 radical (unpaired) electrons. The first-order valence-electron chi connectivity index (χ1n) is 5.98. The third-order valence-corrected chi connectivity index (χ3v) is 4.22. The van der Waals surface area contributed by atoms with Gasteiger partial charge in [0.25, 0.3) is 0 Å². The molecule has 0 spiro atoms. The molecule has 1 aromatic rings. The van der Waals surface area contributed by atoms with Gasteiger partial charge in [-0.05, 0) is 43.7 Å². The van der Waals surface area contributed by atoms with Gasteiger partial charge in [-0.15, -0.1) is 0 Å². The molecule has 3 atom stereocenters. The van der Waals surface area contributed by atoms with Crippen LogP contribution in [0.25, 0.3) is 0 Å². The van der Waals surface area contributed by atoms with Crippen LogP contribution in [0.1, 0.15) is 32.6 Å². The van der Waals surface area contributed by atoms with E-state index in [4.69, 9.17) is 4.74 Å². The number of rotatable bonds is 2. The Morgan fingerprint density at radius 1 is 1.27 bits per heavy atom. The summed E-state index contributed by atoms with van der Waals surface area (Å²) in [5.74, 6) is 1.97. The molecule has 0 N–H and O–H groups in total. The van der Waals surface area contributed by atoms with Gasteiger partial charge in [0.1, 0.15) is 11.9 Å². The van der Waals surface area contributed by atoms with Gasteiger partial charge >= 0.3 is 0 Å². The summed E-state index contributed by atoms with van der Waals surface area (Å²) < 4.78 is 6.11. The fraction of sp³-hybridized carbons (Fsp3) is 0.571. The normalized spacial score (nSPS) is 38.2. The number of hydrogen-bond donors (Lipinski definition) is 0. The van der Waals surface area contributed by atoms with Crippen molar-refractivity contribution in [3.05, 3.63) is 30.3 Å². The summed E-state index contributed by atoms with van der Waals surface area (Å²) in [4.78, 5) is 0. The lowest BCUT2D eigenvalue weighted by Gasteiger charge is -2.31. The van der Waals surface area contributed by atoms with Crippen molar-refractivity contribution >= 4 is 0 Å². The summed E-state index contributed by atoms with van der Waals surface area (Å²) in [6.07, 6.45) is 5.88. The van der Waals surface area contributed by atoms with E-state index < -0.39 is 0 Å². The molecule has 2 aliphatic carbocycles. The lowest BCUT2D eigenvalue weighted by molar-refractivity contribution is 0.0756. The maximum atomic E-state index is 6.11. The van der Waals surface area contributed by atoms with Crippen molar-refractivity contribution in [1.29, 1.82) is 0 Å². The van der Waals surface area contributed by atoms with Crippen molar-refractivity contribution in [3.63, 3.8) is 0 Å². The molecule has 3 unspecified atom stereocenters. The number of hydrogen-bond acceptors (Lipinski definition) is 1. The molecule has 0 heterocycles. The standard InChI is InChI=1S/C14H18O/c1-14-8-7-11(10-14)9-13(14)15-12-5-3-2-4-6-12/h2-6,11,13H,7-10H2,1H3. The third kappa shape index (κ3) is 1.54. The second-order valence-corrected chi connectivity index (χ2v) is 5.42. The lowest BCUT2D eigenvalue weighted by atomic mass is 9.84. The van der Waals surface area contributed by atoms with Gasteiger partial charge in [0.05, 0.1) is 0 Å². The Balaban J connectivity index is 1.75. The maximum absolute atomic E-state index is 6.11. The van der Waals surface area contributed by atoms with E-state index in [1.165, 1.54) is 25.7 Å². The van der Waals surface area contributed by atoms with Crippen LogP contribution < -0.4 is 4.74 Å². The predicted octanol–water partition coefficient (Wildman–Crippen LogP) is 3.64. The van der Waals surface area contributed by atoms with Crippen molar-refractivity contribution in [1.82, 2.24) is 0 Å². The fourth-order valence-electron chi connectivity index (χ4n) is 3.33. The molecule has 1 nitrogen and oxygen atoms in total. The van der Waals surface area contributed by atoms with E-state index in [9.17, 15) is 0 Å². The highest BCUT2D eigenvalue weighted by Gasteiger charge is 2.50. The van der Waals surface area contributed by atoms with Crippen molar-refractivity contribution < 1.29 is 4.74 Å². The Morgan fingerprint density at radius 2 is 2.07 bits per heavy atom. The van der Waals surface area contributed by atoms with Crippen molar-refractivity contribution in [3.8, 4) is 5.75 Å². The SMILES string of the molecule is CC12CCC(CC1Oc1ccccc1)C2. The van der Waals surface area contributed by atoms with E-state index in [0.29, 0.717) is 11.5 Å². The summed E-state index contributed by atoms with van der Waals surface area (Å²) in [7, 11) is 0. The topological polar surface area (TPSA) is 9.23 Å². The summed E-state index contributed by atoms with van der Waals surface area (Å²) >= 11 is 0. The van der Waals surface area contributed by atoms with Crippen LogP contribution in [0, 0.1) is 11.3 Å². The fourth-order valence-corrected chi connectivity index (χ4v) is 3.33. The molecule has 2 bridgehead atoms. The highest BCUT2D eigenvalue weighted by Crippen LogP contribution is 2.54. The largest absolute Gasteiger partial charge is 0.490 e. The van der Waals surface area contributed by atoms with Crippen LogP contribution in [0.4, 0.5) is 0 Å². The molecule has 0 amide bonds. The van der Waals surface area contributed by atoms with Gasteiger partial charge < -0.3 is 4.74 Å². The quantitative estimate of drug-likeness (QED) is 0.711. The number of para-hydroxylation sites is 1. The van der Waals surface area contributed by atoms with E-state index in [0.717, 1.165) is 11.7 Å². The molecule has 0 aromatic heterocycles. The van der Waals surface area contributed by atoms with Gasteiger partial charge in [-0.1, -0.05) is 25.1 Å². The Labute approximate surface area is 91.5 Å². The molecule has 2 saturated carbocycles. The molecule has 2 aliphatic rings. The zero-order valence-electron chi connectivity index (χ0n) is 9.28. The average molecular weight is 202 g/mol. The van der Waals surface area contributed by atoms with Crippen LogP contribution in [-0.2, 0) is 0 Å². The molecule has 3 rings (SSSR count). The molecular weight excluding hydrogens is 184 g/mol. The zero-order valence-corrected chi connectivity index (χ0v) is 9.28. The first-order chi connectivity index (χ1) is 7.26. The highest BCUT2D eigenvalue weighted by molar-refractivity contribution is 5.22. The van der Waals surface area contributed by atoms with Gasteiger partial charge in [0, 0.05) is 5.41 Å². The molecule has 0 aliphatic heterocycles. The van der Waals surface area contributed by atoms with Crippen LogP contribution in [0.2, 0.25) is 0 Å². The number of benzene rings is 1. The molecule has 80 valence electrons. The van der Waals surface area contributed by atoms with E-state index in [2.05, 4.69) is 19.1 Å². The van der Waals surface area contributed by atoms with Gasteiger partial charge in [-0.2, -0.15) is 0 Å². The summed E-state index contributed by atoms with van der Waals surface area (Å²) in [6.45, 7) is 2.40. The molecule has 1 aromatic carbocycles. The van der Waals surface area contributed by atoms with Crippen LogP contribution in [-0.4, -0.2) is 6.10 Å². The monoisotopic (exact) mass is 202 g/mol. The van der Waals surface area contributed by atoms with Gasteiger partial charge in [-0.3, -0.25) is 0 Å². The van der Waals surface area contributed by atoms with E-state index in [1.807, 2.05) is 18.2 Å². The number of fused-ring (bicyclic) bond motifs is 2. The van der Waals surface area contributed by atoms with E-state index >= 15 is 0 Å². The van der Waals surface area contributed by atoms with Crippen molar-refractivity contribution in [2.24, 2.45) is 11.3 Å². The average Bonchev–Trinajstić information content (AvgIpc) is 2.75. The first-order valence-corrected chi connectivity index (χ1v) is 5.98. The highest BCUT2D eigenvalue weighted by atomic mass is 16.5. The van der Waals surface area contributed by atoms with Crippen LogP contribution >= 0.6 is 0 Å². The second kappa shape index (κ2) is 3.26. The summed E-state index contributed by atoms with van der Waals surface area (Å²) in [5.41, 5.74) is 0.459. The molecule has 2 fully saturated rings. The molecule has 1 heteroatoms. The Kier molecular flexibility index (Phi) is 2.01. The smallest absolute Gasteiger partial charge is 0.119 e. The van der Waals surface area contributed by atoms with Crippen molar-refractivity contribution in [2.45, 2.75) is 38.7 Å². The minimum atomic E-state index is 0.457. The van der Waals surface area contributed by atoms with E-state index in [-0.39, 0.29) is 0 Å². The third-order valence-electron chi connectivity index (χ3n) is 4.22. The molecule has 0 saturated heterocycles. The van der Waals surface area contributed by atoms with Crippen molar-refractivity contribution in [2.75, 3.05) is 0 Å². The lowest BCUT2D eigenvalue weighted by Crippen LogP contribution is -2.32.